The number of hydrogen-bond acceptors (Lipinski definition) is 6. The Morgan fingerprint density at radius 3 is 2.90 bits per heavy atom. The second-order valence-corrected chi connectivity index (χ2v) is 4.62. The van der Waals surface area contributed by atoms with Crippen LogP contribution in [0.25, 0.3) is 0 Å². The first-order chi connectivity index (χ1) is 10.2. The van der Waals surface area contributed by atoms with E-state index in [-0.39, 0.29) is 6.10 Å². The van der Waals surface area contributed by atoms with E-state index < -0.39 is 0 Å². The average molecular weight is 285 g/mol. The van der Waals surface area contributed by atoms with Crippen LogP contribution in [0.15, 0.2) is 43.1 Å². The van der Waals surface area contributed by atoms with Crippen LogP contribution in [-0.4, -0.2) is 27.8 Å². The fraction of sp³-hybridized carbons (Fsp3) is 0.267. The maximum atomic E-state index is 5.76. The van der Waals surface area contributed by atoms with Gasteiger partial charge < -0.3 is 15.4 Å². The highest BCUT2D eigenvalue weighted by atomic mass is 16.5. The summed E-state index contributed by atoms with van der Waals surface area (Å²) in [7, 11) is 0. The maximum absolute atomic E-state index is 5.76. The molecule has 2 N–H and O–H groups in total. The number of para-hydroxylation sites is 2. The summed E-state index contributed by atoms with van der Waals surface area (Å²) >= 11 is 0. The summed E-state index contributed by atoms with van der Waals surface area (Å²) in [5.41, 5.74) is 0.835. The number of hydrogen-bond donors (Lipinski definition) is 2. The smallest absolute Gasteiger partial charge is 0.244 e. The van der Waals surface area contributed by atoms with Gasteiger partial charge in [-0.05, 0) is 26.0 Å². The van der Waals surface area contributed by atoms with Crippen molar-refractivity contribution in [1.82, 2.24) is 15.2 Å². The van der Waals surface area contributed by atoms with Gasteiger partial charge in [0, 0.05) is 6.54 Å². The van der Waals surface area contributed by atoms with Crippen molar-refractivity contribution in [2.45, 2.75) is 20.0 Å². The lowest BCUT2D eigenvalue weighted by molar-refractivity contribution is 0.244. The highest BCUT2D eigenvalue weighted by molar-refractivity contribution is 5.64. The van der Waals surface area contributed by atoms with Crippen LogP contribution in [0.1, 0.15) is 13.8 Å². The molecule has 2 aromatic rings. The van der Waals surface area contributed by atoms with Crippen LogP contribution in [0.3, 0.4) is 0 Å². The van der Waals surface area contributed by atoms with Crippen LogP contribution in [0, 0.1) is 0 Å². The molecule has 0 amide bonds. The Balaban J connectivity index is 2.16. The van der Waals surface area contributed by atoms with Gasteiger partial charge in [0.05, 0.1) is 18.0 Å². The summed E-state index contributed by atoms with van der Waals surface area (Å²) in [4.78, 5) is 4.33. The fourth-order valence-electron chi connectivity index (χ4n) is 1.67. The molecule has 21 heavy (non-hydrogen) atoms. The van der Waals surface area contributed by atoms with E-state index in [0.717, 1.165) is 11.4 Å². The zero-order chi connectivity index (χ0) is 15.1. The highest BCUT2D eigenvalue weighted by Crippen LogP contribution is 2.27. The molecule has 0 fully saturated rings. The molecule has 0 atom stereocenters. The van der Waals surface area contributed by atoms with Gasteiger partial charge in [0.25, 0.3) is 0 Å². The fourth-order valence-corrected chi connectivity index (χ4v) is 1.67. The first-order valence-corrected chi connectivity index (χ1v) is 6.76. The topological polar surface area (TPSA) is 72.0 Å². The van der Waals surface area contributed by atoms with Gasteiger partial charge in [-0.3, -0.25) is 0 Å². The lowest BCUT2D eigenvalue weighted by Gasteiger charge is -2.15. The predicted molar refractivity (Wildman–Crippen MR) is 84.0 cm³/mol. The van der Waals surface area contributed by atoms with Gasteiger partial charge in [0.2, 0.25) is 5.95 Å². The van der Waals surface area contributed by atoms with Crippen molar-refractivity contribution >= 4 is 17.5 Å². The number of ether oxygens (including phenoxy) is 1. The number of aromatic nitrogens is 3. The number of nitrogens with zero attached hydrogens (tertiary/aromatic N) is 3. The van der Waals surface area contributed by atoms with Gasteiger partial charge >= 0.3 is 0 Å². The van der Waals surface area contributed by atoms with Crippen LogP contribution in [-0.2, 0) is 0 Å². The molecule has 0 aliphatic rings. The van der Waals surface area contributed by atoms with Gasteiger partial charge in [0.15, 0.2) is 5.82 Å². The summed E-state index contributed by atoms with van der Waals surface area (Å²) < 4.78 is 5.76. The Morgan fingerprint density at radius 2 is 2.14 bits per heavy atom. The molecular weight excluding hydrogens is 266 g/mol. The molecule has 0 bridgehead atoms. The second-order valence-electron chi connectivity index (χ2n) is 4.62. The number of anilines is 3. The minimum atomic E-state index is 0.0984. The molecule has 0 radical (unpaired) electrons. The van der Waals surface area contributed by atoms with Crippen molar-refractivity contribution in [3.8, 4) is 5.75 Å². The summed E-state index contributed by atoms with van der Waals surface area (Å²) in [5, 5.41) is 14.0. The molecule has 1 aromatic carbocycles. The molecule has 2 rings (SSSR count). The first-order valence-electron chi connectivity index (χ1n) is 6.76. The third-order valence-electron chi connectivity index (χ3n) is 2.48. The van der Waals surface area contributed by atoms with Gasteiger partial charge in [-0.1, -0.05) is 18.2 Å². The van der Waals surface area contributed by atoms with E-state index in [1.165, 1.54) is 0 Å². The second kappa shape index (κ2) is 7.23. The molecule has 0 spiro atoms. The Morgan fingerprint density at radius 1 is 1.33 bits per heavy atom. The molecule has 0 saturated carbocycles. The molecule has 6 heteroatoms. The van der Waals surface area contributed by atoms with Crippen molar-refractivity contribution in [2.75, 3.05) is 17.2 Å². The van der Waals surface area contributed by atoms with Crippen LogP contribution in [0.5, 0.6) is 5.75 Å². The zero-order valence-electron chi connectivity index (χ0n) is 12.2. The summed E-state index contributed by atoms with van der Waals surface area (Å²) in [6, 6.07) is 7.70. The average Bonchev–Trinajstić information content (AvgIpc) is 2.47. The molecule has 6 nitrogen and oxygen atoms in total. The molecular formula is C15H19N5O. The zero-order valence-corrected chi connectivity index (χ0v) is 12.2. The SMILES string of the molecule is C=CCNc1nncc(Nc2ccccc2OC(C)C)n1. The lowest BCUT2D eigenvalue weighted by atomic mass is 10.3. The summed E-state index contributed by atoms with van der Waals surface area (Å²) in [6.45, 7) is 8.19. The van der Waals surface area contributed by atoms with E-state index in [9.17, 15) is 0 Å². The minimum Gasteiger partial charge on any atom is -0.489 e. The van der Waals surface area contributed by atoms with E-state index in [1.807, 2.05) is 38.1 Å². The van der Waals surface area contributed by atoms with Crippen molar-refractivity contribution in [3.05, 3.63) is 43.1 Å². The molecule has 110 valence electrons. The third kappa shape index (κ3) is 4.45. The van der Waals surface area contributed by atoms with Crippen molar-refractivity contribution in [3.63, 3.8) is 0 Å². The highest BCUT2D eigenvalue weighted by Gasteiger charge is 2.07. The molecule has 0 aliphatic carbocycles. The molecule has 0 saturated heterocycles. The van der Waals surface area contributed by atoms with Gasteiger partial charge in [-0.2, -0.15) is 10.1 Å². The quantitative estimate of drug-likeness (QED) is 0.762. The number of rotatable bonds is 7. The summed E-state index contributed by atoms with van der Waals surface area (Å²) in [6.07, 6.45) is 3.39. The molecule has 1 heterocycles. The Labute approximate surface area is 124 Å². The monoisotopic (exact) mass is 285 g/mol. The standard InChI is InChI=1S/C15H19N5O/c1-4-9-16-15-19-14(10-17-20-15)18-12-7-5-6-8-13(12)21-11(2)3/h4-8,10-11H,1,9H2,2-3H3,(H2,16,18,19,20). The van der Waals surface area contributed by atoms with Crippen LogP contribution >= 0.6 is 0 Å². The van der Waals surface area contributed by atoms with Crippen LogP contribution < -0.4 is 15.4 Å². The Hall–Kier alpha value is -2.63. The Bertz CT molecular complexity index is 600. The van der Waals surface area contributed by atoms with Crippen molar-refractivity contribution in [1.29, 1.82) is 0 Å². The van der Waals surface area contributed by atoms with E-state index in [1.54, 1.807) is 12.3 Å². The van der Waals surface area contributed by atoms with Gasteiger partial charge in [-0.15, -0.1) is 11.7 Å². The normalized spacial score (nSPS) is 10.2. The van der Waals surface area contributed by atoms with Gasteiger partial charge in [-0.25, -0.2) is 0 Å². The maximum Gasteiger partial charge on any atom is 0.244 e. The van der Waals surface area contributed by atoms with Crippen molar-refractivity contribution in [2.24, 2.45) is 0 Å². The van der Waals surface area contributed by atoms with Crippen LogP contribution in [0.4, 0.5) is 17.5 Å². The first kappa shape index (κ1) is 14.8. The largest absolute Gasteiger partial charge is 0.489 e. The van der Waals surface area contributed by atoms with Gasteiger partial charge in [0.1, 0.15) is 5.75 Å². The molecule has 0 unspecified atom stereocenters. The summed E-state index contributed by atoms with van der Waals surface area (Å²) in [5.74, 6) is 1.81. The van der Waals surface area contributed by atoms with Crippen molar-refractivity contribution < 1.29 is 4.74 Å². The number of nitrogens with one attached hydrogen (secondary N) is 2. The molecule has 1 aromatic heterocycles. The van der Waals surface area contributed by atoms with E-state index in [0.29, 0.717) is 18.3 Å². The lowest BCUT2D eigenvalue weighted by Crippen LogP contribution is -2.09. The van der Waals surface area contributed by atoms with Crippen LogP contribution in [0.2, 0.25) is 0 Å². The Kier molecular flexibility index (Phi) is 5.09. The van der Waals surface area contributed by atoms with E-state index in [2.05, 4.69) is 32.4 Å². The number of benzene rings is 1. The third-order valence-corrected chi connectivity index (χ3v) is 2.48. The van der Waals surface area contributed by atoms with E-state index >= 15 is 0 Å². The predicted octanol–water partition coefficient (Wildman–Crippen LogP) is 3.00. The molecule has 0 aliphatic heterocycles. The van der Waals surface area contributed by atoms with E-state index in [4.69, 9.17) is 4.74 Å². The minimum absolute atomic E-state index is 0.0984.